The van der Waals surface area contributed by atoms with E-state index in [-0.39, 0.29) is 0 Å². The summed E-state index contributed by atoms with van der Waals surface area (Å²) in [6.07, 6.45) is 1.16. The third-order valence-corrected chi connectivity index (χ3v) is 2.09. The van der Waals surface area contributed by atoms with Crippen LogP contribution in [0.25, 0.3) is 0 Å². The van der Waals surface area contributed by atoms with Crippen LogP contribution in [0.3, 0.4) is 0 Å². The van der Waals surface area contributed by atoms with Crippen LogP contribution < -0.4 is 5.32 Å². The molecule has 1 unspecified atom stereocenters. The van der Waals surface area contributed by atoms with E-state index in [1.165, 1.54) is 14.2 Å². The minimum absolute atomic E-state index is 0.395. The second-order valence-electron chi connectivity index (χ2n) is 3.28. The zero-order chi connectivity index (χ0) is 13.4. The smallest absolute Gasteiger partial charge is 0.334 e. The van der Waals surface area contributed by atoms with E-state index in [2.05, 4.69) is 20.0 Å². The van der Waals surface area contributed by atoms with Crippen LogP contribution in [0.5, 0.6) is 0 Å². The lowest BCUT2D eigenvalue weighted by molar-refractivity contribution is -0.140. The van der Waals surface area contributed by atoms with Gasteiger partial charge in [0.15, 0.2) is 6.04 Å². The Balaban J connectivity index is 2.75. The summed E-state index contributed by atoms with van der Waals surface area (Å²) in [5.74, 6) is -1.02. The van der Waals surface area contributed by atoms with Gasteiger partial charge in [0.1, 0.15) is 7.11 Å². The molecule has 1 rings (SSSR count). The quantitative estimate of drug-likeness (QED) is 0.471. The highest BCUT2D eigenvalue weighted by Gasteiger charge is 2.20. The minimum Gasteiger partial charge on any atom is -0.467 e. The molecule has 0 aromatic heterocycles. The van der Waals surface area contributed by atoms with E-state index in [9.17, 15) is 9.59 Å². The molecule has 0 heterocycles. The highest BCUT2D eigenvalue weighted by atomic mass is 16.6. The minimum atomic E-state index is -0.984. The van der Waals surface area contributed by atoms with Gasteiger partial charge in [0.25, 0.3) is 5.91 Å². The monoisotopic (exact) mass is 250 g/mol. The number of oxime groups is 1. The fourth-order valence-corrected chi connectivity index (χ4v) is 1.22. The van der Waals surface area contributed by atoms with Crippen molar-refractivity contribution in [2.45, 2.75) is 6.04 Å². The lowest BCUT2D eigenvalue weighted by Gasteiger charge is -2.11. The molecule has 0 radical (unpaired) electrons. The van der Waals surface area contributed by atoms with Crippen molar-refractivity contribution in [3.63, 3.8) is 0 Å². The number of ether oxygens (including phenoxy) is 1. The zero-order valence-corrected chi connectivity index (χ0v) is 10.1. The van der Waals surface area contributed by atoms with Crippen LogP contribution in [-0.2, 0) is 14.4 Å². The highest BCUT2D eigenvalue weighted by Crippen LogP contribution is 1.99. The summed E-state index contributed by atoms with van der Waals surface area (Å²) >= 11 is 0. The Morgan fingerprint density at radius 2 is 1.94 bits per heavy atom. The van der Waals surface area contributed by atoms with E-state index < -0.39 is 17.9 Å². The Kier molecular flexibility index (Phi) is 5.37. The number of nitrogens with zero attached hydrogens (tertiary/aromatic N) is 1. The topological polar surface area (TPSA) is 77.0 Å². The summed E-state index contributed by atoms with van der Waals surface area (Å²) in [6, 6.07) is 7.54. The van der Waals surface area contributed by atoms with Crippen LogP contribution in [0.1, 0.15) is 10.4 Å². The lowest BCUT2D eigenvalue weighted by atomic mass is 10.2. The number of rotatable bonds is 5. The molecular formula is C12H14N2O4. The predicted molar refractivity (Wildman–Crippen MR) is 65.2 cm³/mol. The fraction of sp³-hybridized carbons (Fsp3) is 0.250. The van der Waals surface area contributed by atoms with E-state index in [1.807, 2.05) is 0 Å². The van der Waals surface area contributed by atoms with Gasteiger partial charge < -0.3 is 14.9 Å². The van der Waals surface area contributed by atoms with Crippen LogP contribution in [0, 0.1) is 0 Å². The number of carbonyl (C=O) groups is 2. The normalized spacial score (nSPS) is 11.9. The van der Waals surface area contributed by atoms with Gasteiger partial charge in [-0.3, -0.25) is 4.79 Å². The van der Waals surface area contributed by atoms with Crippen molar-refractivity contribution in [1.29, 1.82) is 0 Å². The second-order valence-corrected chi connectivity index (χ2v) is 3.28. The lowest BCUT2D eigenvalue weighted by Crippen LogP contribution is -2.42. The van der Waals surface area contributed by atoms with Crippen LogP contribution in [-0.4, -0.2) is 38.4 Å². The summed E-state index contributed by atoms with van der Waals surface area (Å²) in [6.45, 7) is 0. The van der Waals surface area contributed by atoms with Crippen molar-refractivity contribution in [1.82, 2.24) is 5.32 Å². The van der Waals surface area contributed by atoms with Crippen molar-refractivity contribution < 1.29 is 19.2 Å². The first kappa shape index (κ1) is 13.7. The molecule has 6 nitrogen and oxygen atoms in total. The summed E-state index contributed by atoms with van der Waals surface area (Å²) in [5.41, 5.74) is 0.442. The molecule has 18 heavy (non-hydrogen) atoms. The number of esters is 1. The molecule has 0 saturated heterocycles. The molecule has 1 N–H and O–H groups in total. The van der Waals surface area contributed by atoms with E-state index in [0.717, 1.165) is 6.21 Å². The molecule has 6 heteroatoms. The number of benzene rings is 1. The Labute approximate surface area is 105 Å². The van der Waals surface area contributed by atoms with E-state index in [4.69, 9.17) is 0 Å². The van der Waals surface area contributed by atoms with Gasteiger partial charge in [0.2, 0.25) is 0 Å². The molecule has 1 aromatic rings. The molecule has 0 aliphatic heterocycles. The van der Waals surface area contributed by atoms with Gasteiger partial charge >= 0.3 is 5.97 Å². The number of carbonyl (C=O) groups excluding carboxylic acids is 2. The van der Waals surface area contributed by atoms with Crippen molar-refractivity contribution >= 4 is 18.1 Å². The van der Waals surface area contributed by atoms with Gasteiger partial charge in [0, 0.05) is 5.56 Å². The molecule has 0 spiro atoms. The first-order valence-electron chi connectivity index (χ1n) is 5.19. The Hall–Kier alpha value is -2.37. The molecule has 96 valence electrons. The summed E-state index contributed by atoms with van der Waals surface area (Å²) in [4.78, 5) is 27.7. The first-order chi connectivity index (χ1) is 8.69. The Morgan fingerprint density at radius 1 is 1.28 bits per heavy atom. The maximum absolute atomic E-state index is 11.8. The van der Waals surface area contributed by atoms with E-state index in [1.54, 1.807) is 30.3 Å². The molecule has 1 amide bonds. The molecule has 0 aliphatic carbocycles. The van der Waals surface area contributed by atoms with Gasteiger partial charge in [-0.25, -0.2) is 4.79 Å². The molecule has 0 aliphatic rings. The second kappa shape index (κ2) is 7.05. The average Bonchev–Trinajstić information content (AvgIpc) is 2.43. The molecule has 1 aromatic carbocycles. The molecule has 1 atom stereocenters. The largest absolute Gasteiger partial charge is 0.467 e. The van der Waals surface area contributed by atoms with E-state index >= 15 is 0 Å². The number of nitrogens with one attached hydrogen (secondary N) is 1. The molecule has 0 bridgehead atoms. The number of methoxy groups -OCH3 is 1. The summed E-state index contributed by atoms with van der Waals surface area (Å²) in [7, 11) is 2.56. The SMILES string of the molecule is CON=CC(NC(=O)c1ccccc1)C(=O)OC. The maximum Gasteiger partial charge on any atom is 0.334 e. The van der Waals surface area contributed by atoms with Gasteiger partial charge in [-0.05, 0) is 12.1 Å². The zero-order valence-electron chi connectivity index (χ0n) is 10.1. The highest BCUT2D eigenvalue weighted by molar-refractivity contribution is 6.02. The van der Waals surface area contributed by atoms with Crippen molar-refractivity contribution in [3.8, 4) is 0 Å². The van der Waals surface area contributed by atoms with Gasteiger partial charge in [-0.1, -0.05) is 23.4 Å². The van der Waals surface area contributed by atoms with Gasteiger partial charge in [0.05, 0.1) is 13.3 Å². The summed E-state index contributed by atoms with van der Waals surface area (Å²) in [5, 5.41) is 5.92. The number of hydrogen-bond donors (Lipinski definition) is 1. The molecule has 0 saturated carbocycles. The van der Waals surface area contributed by atoms with Gasteiger partial charge in [-0.2, -0.15) is 0 Å². The standard InChI is InChI=1S/C12H14N2O4/c1-17-12(16)10(8-13-18-2)14-11(15)9-6-4-3-5-7-9/h3-8,10H,1-2H3,(H,14,15). The molecule has 0 fully saturated rings. The Morgan fingerprint density at radius 3 is 2.50 bits per heavy atom. The van der Waals surface area contributed by atoms with Crippen molar-refractivity contribution in [2.24, 2.45) is 5.16 Å². The third-order valence-electron chi connectivity index (χ3n) is 2.09. The number of amides is 1. The van der Waals surface area contributed by atoms with E-state index in [0.29, 0.717) is 5.56 Å². The van der Waals surface area contributed by atoms with Gasteiger partial charge in [-0.15, -0.1) is 0 Å². The summed E-state index contributed by atoms with van der Waals surface area (Å²) < 4.78 is 4.55. The van der Waals surface area contributed by atoms with Crippen LogP contribution >= 0.6 is 0 Å². The third kappa shape index (κ3) is 3.89. The average molecular weight is 250 g/mol. The predicted octanol–water partition coefficient (Wildman–Crippen LogP) is 0.590. The number of hydrogen-bond acceptors (Lipinski definition) is 5. The van der Waals surface area contributed by atoms with Crippen LogP contribution in [0.4, 0.5) is 0 Å². The molecular weight excluding hydrogens is 236 g/mol. The maximum atomic E-state index is 11.8. The van der Waals surface area contributed by atoms with Crippen molar-refractivity contribution in [2.75, 3.05) is 14.2 Å². The van der Waals surface area contributed by atoms with Crippen LogP contribution in [0.2, 0.25) is 0 Å². The van der Waals surface area contributed by atoms with Crippen LogP contribution in [0.15, 0.2) is 35.5 Å². The first-order valence-corrected chi connectivity index (χ1v) is 5.19. The Bertz CT molecular complexity index is 431. The fourth-order valence-electron chi connectivity index (χ4n) is 1.22. The van der Waals surface area contributed by atoms with Crippen molar-refractivity contribution in [3.05, 3.63) is 35.9 Å².